The second-order valence-electron chi connectivity index (χ2n) is 9.12. The Morgan fingerprint density at radius 3 is 1.87 bits per heavy atom. The summed E-state index contributed by atoms with van der Waals surface area (Å²) < 4.78 is 0. The Morgan fingerprint density at radius 2 is 1.37 bits per heavy atom. The number of aliphatic hydroxyl groups is 1. The van der Waals surface area contributed by atoms with Crippen molar-refractivity contribution in [2.75, 3.05) is 0 Å². The minimum Gasteiger partial charge on any atom is -0.389 e. The number of carbonyl (C=O) groups is 1. The zero-order chi connectivity index (χ0) is 22.0. The third-order valence-corrected chi connectivity index (χ3v) is 5.74. The first-order chi connectivity index (χ1) is 13.8. The summed E-state index contributed by atoms with van der Waals surface area (Å²) >= 11 is 0. The van der Waals surface area contributed by atoms with Gasteiger partial charge in [-0.05, 0) is 52.4 Å². The molecule has 0 aliphatic heterocycles. The number of rotatable bonds is 19. The minimum atomic E-state index is -0.731. The maximum Gasteiger partial charge on any atom is 0.220 e. The van der Waals surface area contributed by atoms with E-state index in [4.69, 9.17) is 5.73 Å². The van der Waals surface area contributed by atoms with Gasteiger partial charge >= 0.3 is 0 Å². The van der Waals surface area contributed by atoms with E-state index in [1.807, 2.05) is 20.8 Å². The predicted molar refractivity (Wildman–Crippen MR) is 133 cm³/mol. The van der Waals surface area contributed by atoms with Crippen LogP contribution in [0.1, 0.15) is 124 Å². The highest BCUT2D eigenvalue weighted by atomic mass is 35.5. The lowest BCUT2D eigenvalue weighted by Gasteiger charge is -2.35. The molecule has 0 aliphatic rings. The number of halogens is 1. The van der Waals surface area contributed by atoms with Gasteiger partial charge in [0.15, 0.2) is 0 Å². The summed E-state index contributed by atoms with van der Waals surface area (Å²) in [6, 6.07) is -0.315. The third-order valence-electron chi connectivity index (χ3n) is 5.74. The molecule has 4 nitrogen and oxygen atoms in total. The van der Waals surface area contributed by atoms with Crippen LogP contribution in [0, 0.1) is 0 Å². The van der Waals surface area contributed by atoms with Crippen LogP contribution in [0.15, 0.2) is 12.2 Å². The molecule has 0 rings (SSSR count). The van der Waals surface area contributed by atoms with E-state index in [9.17, 15) is 9.90 Å². The third kappa shape index (κ3) is 17.1. The molecular weight excluding hydrogens is 396 g/mol. The van der Waals surface area contributed by atoms with Crippen molar-refractivity contribution in [3.05, 3.63) is 12.2 Å². The second kappa shape index (κ2) is 20.3. The molecule has 0 aliphatic carbocycles. The summed E-state index contributed by atoms with van der Waals surface area (Å²) in [5.41, 5.74) is 5.22. The number of allylic oxidation sites excluding steroid dienone is 2. The number of amides is 1. The summed E-state index contributed by atoms with van der Waals surface area (Å²) in [5.74, 6) is 0.00924. The molecule has 0 saturated heterocycles. The quantitative estimate of drug-likeness (QED) is 0.158. The Bertz CT molecular complexity index is 427. The van der Waals surface area contributed by atoms with Gasteiger partial charge in [-0.3, -0.25) is 4.79 Å². The normalized spacial score (nSPS) is 13.8. The Kier molecular flexibility index (Phi) is 21.4. The highest BCUT2D eigenvalue weighted by molar-refractivity contribution is 5.85. The fraction of sp³-hybridized carbons (Fsp3) is 0.880. The van der Waals surface area contributed by atoms with Crippen LogP contribution in [-0.4, -0.2) is 28.7 Å². The van der Waals surface area contributed by atoms with E-state index >= 15 is 0 Å². The van der Waals surface area contributed by atoms with E-state index in [1.165, 1.54) is 70.6 Å². The van der Waals surface area contributed by atoms with E-state index < -0.39 is 11.6 Å². The van der Waals surface area contributed by atoms with Crippen molar-refractivity contribution < 1.29 is 9.90 Å². The molecule has 0 saturated carbocycles. The highest BCUT2D eigenvalue weighted by Gasteiger charge is 2.32. The number of hydrogen-bond acceptors (Lipinski definition) is 3. The van der Waals surface area contributed by atoms with Gasteiger partial charge in [0.1, 0.15) is 0 Å². The average molecular weight is 447 g/mol. The van der Waals surface area contributed by atoms with Crippen molar-refractivity contribution in [2.24, 2.45) is 5.73 Å². The molecule has 0 heterocycles. The number of hydrogen-bond donors (Lipinski definition) is 3. The molecular formula is C25H51ClN2O2. The standard InChI is InChI=1S/C25H50N2O2.ClH/c1-5-7-8-9-10-11-12-13-14-15-16-17-18-19-20-21-23(28)27-25(3,4)24(29)22(26)6-2;/h13-14,22,24,29H,5-12,15-21,26H2,1-4H3,(H,27,28);1H/b14-13-;. The summed E-state index contributed by atoms with van der Waals surface area (Å²) in [7, 11) is 0. The first-order valence-electron chi connectivity index (χ1n) is 12.2. The molecule has 5 heteroatoms. The lowest BCUT2D eigenvalue weighted by molar-refractivity contribution is -0.124. The molecule has 0 radical (unpaired) electrons. The number of carbonyl (C=O) groups excluding carboxylic acids is 1. The van der Waals surface area contributed by atoms with Gasteiger partial charge in [0.2, 0.25) is 5.91 Å². The summed E-state index contributed by atoms with van der Waals surface area (Å²) in [6.45, 7) is 7.88. The molecule has 0 aromatic carbocycles. The number of nitrogens with two attached hydrogens (primary N) is 1. The zero-order valence-electron chi connectivity index (χ0n) is 20.3. The molecule has 0 fully saturated rings. The molecule has 0 spiro atoms. The lowest BCUT2D eigenvalue weighted by atomic mass is 9.90. The zero-order valence-corrected chi connectivity index (χ0v) is 21.1. The van der Waals surface area contributed by atoms with Gasteiger partial charge in [0, 0.05) is 12.5 Å². The van der Waals surface area contributed by atoms with Crippen LogP contribution in [0.5, 0.6) is 0 Å². The van der Waals surface area contributed by atoms with Gasteiger partial charge in [0.05, 0.1) is 11.6 Å². The van der Waals surface area contributed by atoms with Crippen LogP contribution < -0.4 is 11.1 Å². The molecule has 180 valence electrons. The lowest BCUT2D eigenvalue weighted by Crippen LogP contribution is -2.58. The van der Waals surface area contributed by atoms with Gasteiger partial charge in [-0.25, -0.2) is 0 Å². The number of unbranched alkanes of at least 4 members (excludes halogenated alkanes) is 11. The van der Waals surface area contributed by atoms with Crippen LogP contribution in [0.3, 0.4) is 0 Å². The SMILES string of the molecule is CCCCCCCC/C=C\CCCCCCCC(=O)NC(C)(C)C(O)C(N)CC.Cl. The molecule has 1 amide bonds. The van der Waals surface area contributed by atoms with Crippen LogP contribution in [-0.2, 0) is 4.79 Å². The van der Waals surface area contributed by atoms with Crippen LogP contribution in [0.25, 0.3) is 0 Å². The fourth-order valence-electron chi connectivity index (χ4n) is 3.61. The molecule has 30 heavy (non-hydrogen) atoms. The van der Waals surface area contributed by atoms with Crippen molar-refractivity contribution in [1.82, 2.24) is 5.32 Å². The minimum absolute atomic E-state index is 0. The largest absolute Gasteiger partial charge is 0.389 e. The van der Waals surface area contributed by atoms with Crippen molar-refractivity contribution in [3.63, 3.8) is 0 Å². The van der Waals surface area contributed by atoms with E-state index in [0.29, 0.717) is 12.8 Å². The second-order valence-corrected chi connectivity index (χ2v) is 9.12. The van der Waals surface area contributed by atoms with E-state index in [2.05, 4.69) is 24.4 Å². The Balaban J connectivity index is 0. The monoisotopic (exact) mass is 446 g/mol. The van der Waals surface area contributed by atoms with Gasteiger partial charge in [-0.15, -0.1) is 12.4 Å². The van der Waals surface area contributed by atoms with E-state index in [1.54, 1.807) is 0 Å². The Morgan fingerprint density at radius 1 is 0.900 bits per heavy atom. The average Bonchev–Trinajstić information content (AvgIpc) is 2.69. The molecule has 4 N–H and O–H groups in total. The first kappa shape index (κ1) is 31.6. The topological polar surface area (TPSA) is 75.3 Å². The fourth-order valence-corrected chi connectivity index (χ4v) is 3.61. The van der Waals surface area contributed by atoms with E-state index in [-0.39, 0.29) is 24.4 Å². The van der Waals surface area contributed by atoms with Crippen molar-refractivity contribution in [3.8, 4) is 0 Å². The van der Waals surface area contributed by atoms with Crippen LogP contribution >= 0.6 is 12.4 Å². The van der Waals surface area contributed by atoms with Crippen molar-refractivity contribution in [2.45, 2.75) is 142 Å². The summed E-state index contributed by atoms with van der Waals surface area (Å²) in [4.78, 5) is 12.1. The number of aliphatic hydroxyl groups excluding tert-OH is 1. The smallest absolute Gasteiger partial charge is 0.220 e. The maximum absolute atomic E-state index is 12.1. The molecule has 0 bridgehead atoms. The Labute approximate surface area is 193 Å². The van der Waals surface area contributed by atoms with Gasteiger partial charge in [0.25, 0.3) is 0 Å². The van der Waals surface area contributed by atoms with E-state index in [0.717, 1.165) is 12.8 Å². The molecule has 2 unspecified atom stereocenters. The first-order valence-corrected chi connectivity index (χ1v) is 12.2. The Hall–Kier alpha value is -0.580. The molecule has 0 aromatic rings. The predicted octanol–water partition coefficient (Wildman–Crippen LogP) is 6.44. The highest BCUT2D eigenvalue weighted by Crippen LogP contribution is 2.15. The number of nitrogens with one attached hydrogen (secondary N) is 1. The van der Waals surface area contributed by atoms with Crippen molar-refractivity contribution >= 4 is 18.3 Å². The molecule has 0 aromatic heterocycles. The van der Waals surface area contributed by atoms with Crippen molar-refractivity contribution in [1.29, 1.82) is 0 Å². The van der Waals surface area contributed by atoms with Gasteiger partial charge < -0.3 is 16.2 Å². The van der Waals surface area contributed by atoms with Crippen LogP contribution in [0.4, 0.5) is 0 Å². The maximum atomic E-state index is 12.1. The summed E-state index contributed by atoms with van der Waals surface area (Å²) in [6.07, 6.45) is 21.5. The molecule has 2 atom stereocenters. The summed E-state index contributed by atoms with van der Waals surface area (Å²) in [5, 5.41) is 13.2. The van der Waals surface area contributed by atoms with Crippen LogP contribution in [0.2, 0.25) is 0 Å². The van der Waals surface area contributed by atoms with Gasteiger partial charge in [-0.1, -0.05) is 77.4 Å². The van der Waals surface area contributed by atoms with Gasteiger partial charge in [-0.2, -0.15) is 0 Å².